The third-order valence-corrected chi connectivity index (χ3v) is 3.35. The number of nitrogens with zero attached hydrogens (tertiary/aromatic N) is 4. The van der Waals surface area contributed by atoms with Crippen LogP contribution in [0.1, 0.15) is 28.1 Å². The lowest BCUT2D eigenvalue weighted by molar-refractivity contribution is -0.0271. The summed E-state index contributed by atoms with van der Waals surface area (Å²) >= 11 is 0. The van der Waals surface area contributed by atoms with E-state index >= 15 is 0 Å². The van der Waals surface area contributed by atoms with Crippen LogP contribution in [-0.2, 0) is 4.74 Å². The standard InChI is InChI=1S/C14H15N5O3/c1-9-6-12(20)18-13(17-9)11-7-19(4-5-22-11)14(21)10-2-3-15-8-16-10/h2-3,6,8,11H,4-5,7H2,1H3,(H,17,18,20)/t11-/m0/s1. The number of aromatic amines is 1. The third-order valence-electron chi connectivity index (χ3n) is 3.35. The maximum atomic E-state index is 12.4. The molecule has 8 heteroatoms. The van der Waals surface area contributed by atoms with Gasteiger partial charge < -0.3 is 14.6 Å². The van der Waals surface area contributed by atoms with Gasteiger partial charge in [0, 0.05) is 24.5 Å². The molecule has 2 aromatic heterocycles. The minimum atomic E-state index is -0.452. The molecule has 1 amide bonds. The topological polar surface area (TPSA) is 101 Å². The molecule has 1 aliphatic heterocycles. The summed E-state index contributed by atoms with van der Waals surface area (Å²) in [4.78, 5) is 40.3. The summed E-state index contributed by atoms with van der Waals surface area (Å²) in [6, 6.07) is 2.98. The Kier molecular flexibility index (Phi) is 3.92. The van der Waals surface area contributed by atoms with Crippen molar-refractivity contribution in [2.45, 2.75) is 13.0 Å². The second-order valence-electron chi connectivity index (χ2n) is 4.98. The van der Waals surface area contributed by atoms with Gasteiger partial charge in [0.15, 0.2) is 0 Å². The molecule has 0 spiro atoms. The summed E-state index contributed by atoms with van der Waals surface area (Å²) in [6.45, 7) is 2.90. The first-order chi connectivity index (χ1) is 10.6. The van der Waals surface area contributed by atoms with Crippen LogP contribution in [0.4, 0.5) is 0 Å². The first kappa shape index (κ1) is 14.3. The lowest BCUT2D eigenvalue weighted by Gasteiger charge is -2.32. The molecule has 1 fully saturated rings. The zero-order valence-electron chi connectivity index (χ0n) is 12.0. The fourth-order valence-corrected chi connectivity index (χ4v) is 2.33. The van der Waals surface area contributed by atoms with E-state index in [4.69, 9.17) is 4.74 Å². The van der Waals surface area contributed by atoms with Crippen LogP contribution in [0.15, 0.2) is 29.5 Å². The van der Waals surface area contributed by atoms with E-state index in [1.807, 2.05) is 0 Å². The van der Waals surface area contributed by atoms with E-state index in [0.717, 1.165) is 0 Å². The SMILES string of the molecule is Cc1cc(=O)[nH]c([C@@H]2CN(C(=O)c3ccncn3)CCO2)n1. The van der Waals surface area contributed by atoms with E-state index < -0.39 is 6.10 Å². The third kappa shape index (κ3) is 3.01. The molecule has 2 aromatic rings. The summed E-state index contributed by atoms with van der Waals surface area (Å²) in [5.41, 5.74) is 0.716. The number of carbonyl (C=O) groups excluding carboxylic acids is 1. The van der Waals surface area contributed by atoms with Crippen LogP contribution in [0.2, 0.25) is 0 Å². The van der Waals surface area contributed by atoms with Gasteiger partial charge in [0.1, 0.15) is 23.9 Å². The smallest absolute Gasteiger partial charge is 0.272 e. The van der Waals surface area contributed by atoms with Gasteiger partial charge in [-0.3, -0.25) is 9.59 Å². The fourth-order valence-electron chi connectivity index (χ4n) is 2.33. The van der Waals surface area contributed by atoms with Gasteiger partial charge in [-0.2, -0.15) is 0 Å². The zero-order chi connectivity index (χ0) is 15.5. The molecule has 0 radical (unpaired) electrons. The van der Waals surface area contributed by atoms with Crippen LogP contribution < -0.4 is 5.56 Å². The highest BCUT2D eigenvalue weighted by Crippen LogP contribution is 2.19. The summed E-state index contributed by atoms with van der Waals surface area (Å²) in [6.07, 6.45) is 2.41. The van der Waals surface area contributed by atoms with Gasteiger partial charge in [0.05, 0.1) is 13.2 Å². The number of rotatable bonds is 2. The van der Waals surface area contributed by atoms with Crippen LogP contribution in [0, 0.1) is 6.92 Å². The van der Waals surface area contributed by atoms with Gasteiger partial charge in [-0.1, -0.05) is 0 Å². The number of aromatic nitrogens is 4. The van der Waals surface area contributed by atoms with E-state index in [0.29, 0.717) is 36.9 Å². The van der Waals surface area contributed by atoms with Gasteiger partial charge >= 0.3 is 0 Å². The Morgan fingerprint density at radius 2 is 2.36 bits per heavy atom. The second kappa shape index (κ2) is 6.02. The molecule has 8 nitrogen and oxygen atoms in total. The zero-order valence-corrected chi connectivity index (χ0v) is 12.0. The Hall–Kier alpha value is -2.61. The lowest BCUT2D eigenvalue weighted by Crippen LogP contribution is -2.43. The molecule has 0 aliphatic carbocycles. The minimum absolute atomic E-state index is 0.189. The average molecular weight is 301 g/mol. The molecule has 0 unspecified atom stereocenters. The monoisotopic (exact) mass is 301 g/mol. The van der Waals surface area contributed by atoms with Crippen LogP contribution in [0.3, 0.4) is 0 Å². The average Bonchev–Trinajstić information content (AvgIpc) is 2.54. The number of hydrogen-bond acceptors (Lipinski definition) is 6. The number of ether oxygens (including phenoxy) is 1. The van der Waals surface area contributed by atoms with Crippen LogP contribution in [0.5, 0.6) is 0 Å². The predicted molar refractivity (Wildman–Crippen MR) is 76.2 cm³/mol. The van der Waals surface area contributed by atoms with Crippen LogP contribution in [0.25, 0.3) is 0 Å². The van der Waals surface area contributed by atoms with E-state index in [1.54, 1.807) is 17.9 Å². The molecule has 1 aliphatic rings. The molecule has 0 bridgehead atoms. The highest BCUT2D eigenvalue weighted by molar-refractivity contribution is 5.92. The molecule has 22 heavy (non-hydrogen) atoms. The van der Waals surface area contributed by atoms with Gasteiger partial charge in [-0.05, 0) is 13.0 Å². The highest BCUT2D eigenvalue weighted by atomic mass is 16.5. The van der Waals surface area contributed by atoms with Gasteiger partial charge in [0.2, 0.25) is 0 Å². The normalized spacial score (nSPS) is 18.2. The molecule has 114 valence electrons. The van der Waals surface area contributed by atoms with E-state index in [-0.39, 0.29) is 11.5 Å². The summed E-state index contributed by atoms with van der Waals surface area (Å²) in [7, 11) is 0. The highest BCUT2D eigenvalue weighted by Gasteiger charge is 2.28. The first-order valence-corrected chi connectivity index (χ1v) is 6.88. The number of carbonyl (C=O) groups is 1. The predicted octanol–water partition coefficient (Wildman–Crippen LogP) is 0.0820. The summed E-state index contributed by atoms with van der Waals surface area (Å²) in [5, 5.41) is 0. The first-order valence-electron chi connectivity index (χ1n) is 6.88. The van der Waals surface area contributed by atoms with Crippen molar-refractivity contribution in [2.24, 2.45) is 0 Å². The van der Waals surface area contributed by atoms with Gasteiger partial charge in [-0.25, -0.2) is 15.0 Å². The Bertz CT molecular complexity index is 731. The lowest BCUT2D eigenvalue weighted by atomic mass is 10.2. The van der Waals surface area contributed by atoms with Crippen molar-refractivity contribution < 1.29 is 9.53 Å². The van der Waals surface area contributed by atoms with Crippen LogP contribution >= 0.6 is 0 Å². The van der Waals surface area contributed by atoms with E-state index in [2.05, 4.69) is 19.9 Å². The largest absolute Gasteiger partial charge is 0.367 e. The fraction of sp³-hybridized carbons (Fsp3) is 0.357. The summed E-state index contributed by atoms with van der Waals surface area (Å²) in [5.74, 6) is 0.246. The maximum Gasteiger partial charge on any atom is 0.272 e. The number of H-pyrrole nitrogens is 1. The van der Waals surface area contributed by atoms with Crippen molar-refractivity contribution in [3.63, 3.8) is 0 Å². The number of morpholine rings is 1. The molecular weight excluding hydrogens is 286 g/mol. The Morgan fingerprint density at radius 3 is 3.09 bits per heavy atom. The minimum Gasteiger partial charge on any atom is -0.367 e. The van der Waals surface area contributed by atoms with Crippen molar-refractivity contribution >= 4 is 5.91 Å². The summed E-state index contributed by atoms with van der Waals surface area (Å²) < 4.78 is 5.63. The van der Waals surface area contributed by atoms with Crippen molar-refractivity contribution in [1.82, 2.24) is 24.8 Å². The molecule has 1 N–H and O–H groups in total. The molecule has 0 saturated carbocycles. The number of amides is 1. The quantitative estimate of drug-likeness (QED) is 0.843. The van der Waals surface area contributed by atoms with Crippen LogP contribution in [-0.4, -0.2) is 50.4 Å². The van der Waals surface area contributed by atoms with E-state index in [1.165, 1.54) is 18.6 Å². The molecule has 1 atom stereocenters. The molecule has 3 rings (SSSR count). The van der Waals surface area contributed by atoms with E-state index in [9.17, 15) is 9.59 Å². The molecule has 0 aromatic carbocycles. The van der Waals surface area contributed by atoms with Crippen molar-refractivity contribution in [1.29, 1.82) is 0 Å². The maximum absolute atomic E-state index is 12.4. The number of aryl methyl sites for hydroxylation is 1. The van der Waals surface area contributed by atoms with Gasteiger partial charge in [-0.15, -0.1) is 0 Å². The number of hydrogen-bond donors (Lipinski definition) is 1. The molecule has 3 heterocycles. The van der Waals surface area contributed by atoms with Crippen molar-refractivity contribution in [3.8, 4) is 0 Å². The molecular formula is C14H15N5O3. The Morgan fingerprint density at radius 1 is 1.50 bits per heavy atom. The Labute approximate surface area is 126 Å². The Balaban J connectivity index is 1.79. The van der Waals surface area contributed by atoms with Crippen molar-refractivity contribution in [2.75, 3.05) is 19.7 Å². The number of nitrogens with one attached hydrogen (secondary N) is 1. The second-order valence-corrected chi connectivity index (χ2v) is 4.98. The molecule has 1 saturated heterocycles. The van der Waals surface area contributed by atoms with Crippen molar-refractivity contribution in [3.05, 3.63) is 52.2 Å². The van der Waals surface area contributed by atoms with Gasteiger partial charge in [0.25, 0.3) is 11.5 Å².